The van der Waals surface area contributed by atoms with E-state index in [2.05, 4.69) is 5.32 Å². The molecule has 0 aliphatic heterocycles. The monoisotopic (exact) mass is 486 g/mol. The van der Waals surface area contributed by atoms with Crippen molar-refractivity contribution in [1.29, 1.82) is 0 Å². The lowest BCUT2D eigenvalue weighted by molar-refractivity contribution is -0.385. The Bertz CT molecular complexity index is 1540. The number of carboxylic acid groups (broad SMARTS) is 1. The Morgan fingerprint density at radius 3 is 2.31 bits per heavy atom. The summed E-state index contributed by atoms with van der Waals surface area (Å²) in [5.74, 6) is 0.127. The van der Waals surface area contributed by atoms with Crippen LogP contribution in [0, 0.1) is 10.1 Å². The normalized spacial score (nSPS) is 14.1. The molecule has 1 aliphatic carbocycles. The van der Waals surface area contributed by atoms with Gasteiger partial charge in [0.05, 0.1) is 28.5 Å². The van der Waals surface area contributed by atoms with E-state index in [-0.39, 0.29) is 33.6 Å². The second-order valence-electron chi connectivity index (χ2n) is 8.70. The van der Waals surface area contributed by atoms with Crippen molar-refractivity contribution in [3.8, 4) is 28.2 Å². The van der Waals surface area contributed by atoms with E-state index in [0.717, 1.165) is 12.0 Å². The van der Waals surface area contributed by atoms with Crippen LogP contribution in [0.1, 0.15) is 24.8 Å². The highest BCUT2D eigenvalue weighted by Crippen LogP contribution is 2.43. The molecule has 1 amide bonds. The van der Waals surface area contributed by atoms with Crippen LogP contribution >= 0.6 is 0 Å². The molecule has 0 spiro atoms. The van der Waals surface area contributed by atoms with Crippen LogP contribution in [0.4, 0.5) is 10.5 Å². The molecule has 4 aromatic rings. The first-order valence-corrected chi connectivity index (χ1v) is 11.3. The van der Waals surface area contributed by atoms with E-state index in [4.69, 9.17) is 9.15 Å². The van der Waals surface area contributed by atoms with E-state index in [0.29, 0.717) is 29.5 Å². The number of hydrogen-bond acceptors (Lipinski definition) is 6. The fourth-order valence-electron chi connectivity index (χ4n) is 4.80. The molecule has 182 valence electrons. The van der Waals surface area contributed by atoms with Crippen LogP contribution in [0.3, 0.4) is 0 Å². The summed E-state index contributed by atoms with van der Waals surface area (Å²) < 4.78 is 11.5. The topological polar surface area (TPSA) is 132 Å². The Kier molecular flexibility index (Phi) is 5.68. The molecule has 9 nitrogen and oxygen atoms in total. The minimum absolute atomic E-state index is 0.00463. The van der Waals surface area contributed by atoms with Gasteiger partial charge in [0.1, 0.15) is 5.76 Å². The van der Waals surface area contributed by atoms with E-state index >= 15 is 0 Å². The molecule has 9 heteroatoms. The van der Waals surface area contributed by atoms with Crippen molar-refractivity contribution in [2.75, 3.05) is 7.11 Å². The molecule has 0 unspecified atom stereocenters. The maximum absolute atomic E-state index is 13.8. The van der Waals surface area contributed by atoms with Gasteiger partial charge in [-0.3, -0.25) is 14.9 Å². The minimum atomic E-state index is -1.08. The Balaban J connectivity index is 1.73. The number of carbonyl (C=O) groups is 1. The molecular formula is C27H22N2O7. The first-order valence-electron chi connectivity index (χ1n) is 11.3. The van der Waals surface area contributed by atoms with Gasteiger partial charge < -0.3 is 19.6 Å². The van der Waals surface area contributed by atoms with Gasteiger partial charge >= 0.3 is 11.8 Å². The number of hydrogen-bond donors (Lipinski definition) is 2. The van der Waals surface area contributed by atoms with Crippen LogP contribution in [0.2, 0.25) is 0 Å². The number of amides is 1. The Labute approximate surface area is 205 Å². The van der Waals surface area contributed by atoms with Crippen LogP contribution in [-0.4, -0.2) is 23.2 Å². The van der Waals surface area contributed by atoms with Crippen molar-refractivity contribution >= 4 is 22.7 Å². The predicted molar refractivity (Wildman–Crippen MR) is 133 cm³/mol. The molecule has 0 saturated heterocycles. The van der Waals surface area contributed by atoms with Gasteiger partial charge in [0, 0.05) is 11.6 Å². The van der Waals surface area contributed by atoms with Crippen molar-refractivity contribution in [2.45, 2.75) is 24.8 Å². The number of ether oxygens (including phenoxy) is 1. The number of nitro benzene ring substituents is 1. The SMILES string of the molecule is COc1c([N+](=O)[O-])ccc2c(=O)c(-c3ccc(C4(NC(=O)O)CCC4)cc3)c(-c3ccccc3)oc12. The predicted octanol–water partition coefficient (Wildman–Crippen LogP) is 5.69. The zero-order valence-electron chi connectivity index (χ0n) is 19.3. The minimum Gasteiger partial charge on any atom is -0.488 e. The second-order valence-corrected chi connectivity index (χ2v) is 8.70. The van der Waals surface area contributed by atoms with E-state index in [1.54, 1.807) is 36.4 Å². The Morgan fingerprint density at radius 1 is 1.06 bits per heavy atom. The zero-order valence-corrected chi connectivity index (χ0v) is 19.3. The lowest BCUT2D eigenvalue weighted by Gasteiger charge is -2.42. The number of rotatable bonds is 6. The van der Waals surface area contributed by atoms with Crippen LogP contribution in [-0.2, 0) is 5.54 Å². The van der Waals surface area contributed by atoms with Gasteiger partial charge in [-0.25, -0.2) is 4.79 Å². The van der Waals surface area contributed by atoms with Gasteiger partial charge in [0.25, 0.3) is 0 Å². The standard InChI is InChI=1S/C27H22N2O7/c1-35-25-20(29(33)34)13-12-19-22(30)21(23(36-24(19)25)17-6-3-2-4-7-17)16-8-10-18(11-9-16)27(14-5-15-27)28-26(31)32/h2-4,6-13,28H,5,14-15H2,1H3,(H,31,32). The van der Waals surface area contributed by atoms with Crippen molar-refractivity contribution in [2.24, 2.45) is 0 Å². The summed E-state index contributed by atoms with van der Waals surface area (Å²) in [6.45, 7) is 0. The highest BCUT2D eigenvalue weighted by molar-refractivity contribution is 5.93. The first kappa shape index (κ1) is 23.1. The molecule has 3 aromatic carbocycles. The molecule has 1 fully saturated rings. The van der Waals surface area contributed by atoms with Crippen LogP contribution in [0.25, 0.3) is 33.4 Å². The summed E-state index contributed by atoms with van der Waals surface area (Å²) in [6.07, 6.45) is 1.24. The van der Waals surface area contributed by atoms with Gasteiger partial charge in [-0.15, -0.1) is 0 Å². The van der Waals surface area contributed by atoms with E-state index < -0.39 is 16.6 Å². The second kappa shape index (κ2) is 8.84. The fraction of sp³-hybridized carbons (Fsp3) is 0.185. The molecule has 1 aliphatic rings. The average molecular weight is 486 g/mol. The number of nitro groups is 1. The lowest BCUT2D eigenvalue weighted by atomic mass is 9.71. The third kappa shape index (κ3) is 3.74. The molecule has 36 heavy (non-hydrogen) atoms. The maximum Gasteiger partial charge on any atom is 0.405 e. The first-order chi connectivity index (χ1) is 17.3. The number of benzene rings is 3. The summed E-state index contributed by atoms with van der Waals surface area (Å²) in [4.78, 5) is 36.1. The van der Waals surface area contributed by atoms with E-state index in [1.807, 2.05) is 18.2 Å². The molecule has 0 atom stereocenters. The van der Waals surface area contributed by atoms with Crippen LogP contribution in [0.15, 0.2) is 75.9 Å². The summed E-state index contributed by atoms with van der Waals surface area (Å²) >= 11 is 0. The summed E-state index contributed by atoms with van der Waals surface area (Å²) in [6, 6.07) is 18.8. The highest BCUT2D eigenvalue weighted by Gasteiger charge is 2.40. The number of methoxy groups -OCH3 is 1. The molecule has 5 rings (SSSR count). The number of fused-ring (bicyclic) bond motifs is 1. The fourth-order valence-corrected chi connectivity index (χ4v) is 4.80. The molecule has 1 heterocycles. The Hall–Kier alpha value is -4.66. The largest absolute Gasteiger partial charge is 0.488 e. The number of nitrogens with zero attached hydrogens (tertiary/aromatic N) is 1. The van der Waals surface area contributed by atoms with Crippen molar-refractivity contribution in [3.63, 3.8) is 0 Å². The van der Waals surface area contributed by atoms with E-state index in [1.165, 1.54) is 19.2 Å². The Morgan fingerprint density at radius 2 is 1.75 bits per heavy atom. The van der Waals surface area contributed by atoms with Gasteiger partial charge in [-0.1, -0.05) is 54.6 Å². The smallest absolute Gasteiger partial charge is 0.405 e. The average Bonchev–Trinajstić information content (AvgIpc) is 2.86. The van der Waals surface area contributed by atoms with Crippen molar-refractivity contribution in [1.82, 2.24) is 5.32 Å². The summed E-state index contributed by atoms with van der Waals surface area (Å²) in [5.41, 5.74) is 1.01. The number of nitrogens with one attached hydrogen (secondary N) is 1. The third-order valence-electron chi connectivity index (χ3n) is 6.71. The molecule has 1 saturated carbocycles. The molecule has 1 aromatic heterocycles. The van der Waals surface area contributed by atoms with Crippen molar-refractivity contribution < 1.29 is 24.0 Å². The summed E-state index contributed by atoms with van der Waals surface area (Å²) in [7, 11) is 1.29. The third-order valence-corrected chi connectivity index (χ3v) is 6.71. The quantitative estimate of drug-likeness (QED) is 0.264. The van der Waals surface area contributed by atoms with Crippen LogP contribution in [0.5, 0.6) is 5.75 Å². The van der Waals surface area contributed by atoms with Crippen LogP contribution < -0.4 is 15.5 Å². The lowest BCUT2D eigenvalue weighted by Crippen LogP contribution is -2.50. The van der Waals surface area contributed by atoms with Gasteiger partial charge in [-0.2, -0.15) is 0 Å². The van der Waals surface area contributed by atoms with Gasteiger partial charge in [0.15, 0.2) is 5.58 Å². The van der Waals surface area contributed by atoms with Crippen molar-refractivity contribution in [3.05, 3.63) is 92.6 Å². The molecule has 0 radical (unpaired) electrons. The van der Waals surface area contributed by atoms with Gasteiger partial charge in [-0.05, 0) is 36.5 Å². The molecular weight excluding hydrogens is 464 g/mol. The zero-order chi connectivity index (χ0) is 25.4. The maximum atomic E-state index is 13.8. The van der Waals surface area contributed by atoms with Gasteiger partial charge in [0.2, 0.25) is 11.2 Å². The molecule has 2 N–H and O–H groups in total. The summed E-state index contributed by atoms with van der Waals surface area (Å²) in [5, 5.41) is 23.6. The molecule has 0 bridgehead atoms. The highest BCUT2D eigenvalue weighted by atomic mass is 16.6. The van der Waals surface area contributed by atoms with E-state index in [9.17, 15) is 24.8 Å².